The molecule has 6 nitrogen and oxygen atoms in total. The van der Waals surface area contributed by atoms with Crippen LogP contribution in [-0.4, -0.2) is 32.3 Å². The predicted molar refractivity (Wildman–Crippen MR) is 104 cm³/mol. The number of hydrogen-bond acceptors (Lipinski definition) is 5. The normalized spacial score (nSPS) is 16.7. The molecule has 27 heavy (non-hydrogen) atoms. The first-order valence-electron chi connectivity index (χ1n) is 9.16. The van der Waals surface area contributed by atoms with Crippen molar-refractivity contribution in [2.45, 2.75) is 25.3 Å². The zero-order valence-electron chi connectivity index (χ0n) is 15.0. The molecule has 1 amide bonds. The third-order valence-corrected chi connectivity index (χ3v) is 4.76. The maximum absolute atomic E-state index is 13.2. The fourth-order valence-electron chi connectivity index (χ4n) is 3.48. The number of carbonyl (C=O) groups excluding carboxylic acids is 1. The Kier molecular flexibility index (Phi) is 5.05. The first-order chi connectivity index (χ1) is 13.3. The molecule has 1 aliphatic heterocycles. The number of carbonyl (C=O) groups is 1. The summed E-state index contributed by atoms with van der Waals surface area (Å²) < 4.78 is 0. The fourth-order valence-corrected chi connectivity index (χ4v) is 3.48. The molecule has 136 valence electrons. The number of benzene rings is 1. The summed E-state index contributed by atoms with van der Waals surface area (Å²) in [5.41, 5.74) is 2.55. The maximum Gasteiger partial charge on any atom is 0.254 e. The molecule has 3 aromatic rings. The van der Waals surface area contributed by atoms with Crippen molar-refractivity contribution in [1.82, 2.24) is 19.9 Å². The summed E-state index contributed by atoms with van der Waals surface area (Å²) in [6.45, 7) is 0.762. The van der Waals surface area contributed by atoms with Crippen LogP contribution < -0.4 is 5.32 Å². The zero-order valence-corrected chi connectivity index (χ0v) is 15.0. The van der Waals surface area contributed by atoms with E-state index >= 15 is 0 Å². The lowest BCUT2D eigenvalue weighted by Gasteiger charge is -2.36. The van der Waals surface area contributed by atoms with E-state index in [0.717, 1.165) is 37.1 Å². The number of rotatable bonds is 4. The number of pyridine rings is 1. The van der Waals surface area contributed by atoms with Crippen molar-refractivity contribution < 1.29 is 4.79 Å². The van der Waals surface area contributed by atoms with E-state index < -0.39 is 0 Å². The van der Waals surface area contributed by atoms with Crippen molar-refractivity contribution in [2.24, 2.45) is 0 Å². The van der Waals surface area contributed by atoms with Gasteiger partial charge in [-0.05, 0) is 55.2 Å². The molecule has 0 unspecified atom stereocenters. The third-order valence-electron chi connectivity index (χ3n) is 4.76. The van der Waals surface area contributed by atoms with Crippen LogP contribution in [0.2, 0.25) is 0 Å². The lowest BCUT2D eigenvalue weighted by Crippen LogP contribution is -2.38. The molecule has 3 heterocycles. The Bertz CT molecular complexity index is 901. The highest BCUT2D eigenvalue weighted by atomic mass is 16.2. The molecule has 6 heteroatoms. The molecule has 1 aliphatic rings. The lowest BCUT2D eigenvalue weighted by molar-refractivity contribution is 0.0611. The molecule has 0 radical (unpaired) electrons. The number of nitrogens with zero attached hydrogens (tertiary/aromatic N) is 4. The molecule has 2 aromatic heterocycles. The Morgan fingerprint density at radius 3 is 2.74 bits per heavy atom. The maximum atomic E-state index is 13.2. The van der Waals surface area contributed by atoms with E-state index in [0.29, 0.717) is 11.5 Å². The Morgan fingerprint density at radius 1 is 1.04 bits per heavy atom. The minimum absolute atomic E-state index is 0.0428. The number of likely N-dealkylation sites (tertiary alicyclic amines) is 1. The largest absolute Gasteiger partial charge is 0.332 e. The van der Waals surface area contributed by atoms with Gasteiger partial charge in [0.15, 0.2) is 0 Å². The van der Waals surface area contributed by atoms with Crippen molar-refractivity contribution in [3.63, 3.8) is 0 Å². The van der Waals surface area contributed by atoms with Crippen LogP contribution in [0.4, 0.5) is 11.6 Å². The van der Waals surface area contributed by atoms with Gasteiger partial charge in [0.05, 0.1) is 6.04 Å². The first-order valence-corrected chi connectivity index (χ1v) is 9.16. The van der Waals surface area contributed by atoms with E-state index in [-0.39, 0.29) is 11.9 Å². The summed E-state index contributed by atoms with van der Waals surface area (Å²) in [6.07, 6.45) is 10.1. The zero-order chi connectivity index (χ0) is 18.5. The van der Waals surface area contributed by atoms with Gasteiger partial charge in [-0.2, -0.15) is 0 Å². The van der Waals surface area contributed by atoms with Gasteiger partial charge in [0.1, 0.15) is 0 Å². The Hall–Kier alpha value is -3.28. The van der Waals surface area contributed by atoms with Gasteiger partial charge in [0, 0.05) is 42.6 Å². The van der Waals surface area contributed by atoms with Crippen LogP contribution in [0.5, 0.6) is 0 Å². The number of nitrogens with one attached hydrogen (secondary N) is 1. The second-order valence-corrected chi connectivity index (χ2v) is 6.57. The van der Waals surface area contributed by atoms with Gasteiger partial charge < -0.3 is 10.2 Å². The van der Waals surface area contributed by atoms with E-state index in [4.69, 9.17) is 0 Å². The quantitative estimate of drug-likeness (QED) is 0.763. The van der Waals surface area contributed by atoms with Gasteiger partial charge in [0.25, 0.3) is 5.91 Å². The number of piperidine rings is 1. The van der Waals surface area contributed by atoms with Crippen molar-refractivity contribution >= 4 is 17.5 Å². The highest BCUT2D eigenvalue weighted by Crippen LogP contribution is 2.32. The number of aromatic nitrogens is 3. The molecule has 1 saturated heterocycles. The second-order valence-electron chi connectivity index (χ2n) is 6.57. The van der Waals surface area contributed by atoms with E-state index in [1.807, 2.05) is 47.5 Å². The fraction of sp³-hybridized carbons (Fsp3) is 0.238. The summed E-state index contributed by atoms with van der Waals surface area (Å²) in [5.74, 6) is 0.550. The van der Waals surface area contributed by atoms with Gasteiger partial charge in [0.2, 0.25) is 5.95 Å². The van der Waals surface area contributed by atoms with Gasteiger partial charge in [-0.25, -0.2) is 9.97 Å². The summed E-state index contributed by atoms with van der Waals surface area (Å²) in [6, 6.07) is 13.3. The van der Waals surface area contributed by atoms with Gasteiger partial charge in [-0.1, -0.05) is 12.1 Å². The van der Waals surface area contributed by atoms with Crippen molar-refractivity contribution in [2.75, 3.05) is 11.9 Å². The summed E-state index contributed by atoms with van der Waals surface area (Å²) >= 11 is 0. The molecule has 1 aromatic carbocycles. The van der Waals surface area contributed by atoms with Crippen LogP contribution >= 0.6 is 0 Å². The van der Waals surface area contributed by atoms with Gasteiger partial charge in [-0.15, -0.1) is 0 Å². The summed E-state index contributed by atoms with van der Waals surface area (Å²) in [4.78, 5) is 27.8. The molecule has 4 rings (SSSR count). The van der Waals surface area contributed by atoms with Crippen molar-refractivity contribution in [3.8, 4) is 0 Å². The monoisotopic (exact) mass is 359 g/mol. The third kappa shape index (κ3) is 3.95. The molecule has 0 saturated carbocycles. The number of amides is 1. The molecule has 0 aliphatic carbocycles. The topological polar surface area (TPSA) is 71.0 Å². The number of hydrogen-bond donors (Lipinski definition) is 1. The molecule has 0 spiro atoms. The molecule has 1 atom stereocenters. The van der Waals surface area contributed by atoms with E-state index in [1.54, 1.807) is 24.7 Å². The number of anilines is 2. The van der Waals surface area contributed by atoms with Crippen LogP contribution in [-0.2, 0) is 0 Å². The molecule has 1 fully saturated rings. The van der Waals surface area contributed by atoms with Crippen molar-refractivity contribution in [1.29, 1.82) is 0 Å². The highest BCUT2D eigenvalue weighted by Gasteiger charge is 2.28. The molecular formula is C21H21N5O. The average molecular weight is 359 g/mol. The Morgan fingerprint density at radius 2 is 1.93 bits per heavy atom. The van der Waals surface area contributed by atoms with Gasteiger partial charge in [-0.3, -0.25) is 9.78 Å². The van der Waals surface area contributed by atoms with Crippen LogP contribution in [0, 0.1) is 0 Å². The molecular weight excluding hydrogens is 338 g/mol. The van der Waals surface area contributed by atoms with Crippen LogP contribution in [0.3, 0.4) is 0 Å². The predicted octanol–water partition coefficient (Wildman–Crippen LogP) is 3.98. The SMILES string of the molecule is O=C(c1cccc(Nc2ncccn2)c1)N1CCCC[C@@H]1c1cccnc1. The first kappa shape index (κ1) is 17.1. The van der Waals surface area contributed by atoms with E-state index in [1.165, 1.54) is 0 Å². The molecule has 0 bridgehead atoms. The van der Waals surface area contributed by atoms with Gasteiger partial charge >= 0.3 is 0 Å². The van der Waals surface area contributed by atoms with Crippen molar-refractivity contribution in [3.05, 3.63) is 78.4 Å². The minimum Gasteiger partial charge on any atom is -0.332 e. The molecule has 1 N–H and O–H groups in total. The highest BCUT2D eigenvalue weighted by molar-refractivity contribution is 5.95. The lowest BCUT2D eigenvalue weighted by atomic mass is 9.95. The van der Waals surface area contributed by atoms with Crippen LogP contribution in [0.25, 0.3) is 0 Å². The van der Waals surface area contributed by atoms with E-state index in [2.05, 4.69) is 20.3 Å². The van der Waals surface area contributed by atoms with E-state index in [9.17, 15) is 4.79 Å². The van der Waals surface area contributed by atoms with Crippen LogP contribution in [0.1, 0.15) is 41.2 Å². The van der Waals surface area contributed by atoms with Crippen LogP contribution in [0.15, 0.2) is 67.3 Å². The standard InChI is InChI=1S/C21H21N5O/c27-20(26-13-2-1-9-19(26)17-7-4-10-22-15-17)16-6-3-8-18(14-16)25-21-23-11-5-12-24-21/h3-8,10-12,14-15,19H,1-2,9,13H2,(H,23,24,25)/t19-/m1/s1. The summed E-state index contributed by atoms with van der Waals surface area (Å²) in [7, 11) is 0. The summed E-state index contributed by atoms with van der Waals surface area (Å²) in [5, 5.41) is 3.14. The Labute approximate surface area is 158 Å². The average Bonchev–Trinajstić information content (AvgIpc) is 2.75. The second kappa shape index (κ2) is 7.95. The Balaban J connectivity index is 1.57. The minimum atomic E-state index is 0.0428. The smallest absolute Gasteiger partial charge is 0.254 e.